The number of rotatable bonds is 12. The topological polar surface area (TPSA) is 257 Å². The highest BCUT2D eigenvalue weighted by Gasteiger charge is 2.44. The summed E-state index contributed by atoms with van der Waals surface area (Å²) in [4.78, 5) is 58.9. The average molecular weight is 753 g/mol. The van der Waals surface area contributed by atoms with E-state index in [4.69, 9.17) is 38.2 Å². The molecule has 0 radical (unpaired) electrons. The van der Waals surface area contributed by atoms with Crippen LogP contribution in [0.25, 0.3) is 11.2 Å². The number of fused-ring (bicyclic) bond motifs is 3. The minimum atomic E-state index is -5.76. The number of anilines is 1. The molecule has 252 valence electrons. The second kappa shape index (κ2) is 12.9. The number of imidazole rings is 1. The number of allylic oxidation sites excluding steroid dienone is 4. The molecule has 47 heavy (non-hydrogen) atoms. The van der Waals surface area contributed by atoms with Crippen LogP contribution in [-0.4, -0.2) is 58.9 Å². The fourth-order valence-corrected chi connectivity index (χ4v) is 8.90. The van der Waals surface area contributed by atoms with Crippen LogP contribution in [0.1, 0.15) is 32.6 Å². The van der Waals surface area contributed by atoms with Gasteiger partial charge in [0.05, 0.1) is 41.0 Å². The highest BCUT2D eigenvalue weighted by Crippen LogP contribution is 2.67. The Morgan fingerprint density at radius 1 is 1.02 bits per heavy atom. The van der Waals surface area contributed by atoms with Crippen molar-refractivity contribution < 1.29 is 55.6 Å². The van der Waals surface area contributed by atoms with Crippen LogP contribution >= 0.6 is 46.7 Å². The number of benzene rings is 1. The van der Waals surface area contributed by atoms with Crippen LogP contribution in [0.15, 0.2) is 57.6 Å². The Hall–Kier alpha value is -2.82. The zero-order valence-electron chi connectivity index (χ0n) is 24.4. The van der Waals surface area contributed by atoms with E-state index in [0.29, 0.717) is 33.7 Å². The van der Waals surface area contributed by atoms with E-state index < -0.39 is 47.5 Å². The first kappa shape index (κ1) is 35.5. The summed E-state index contributed by atoms with van der Waals surface area (Å²) in [6, 6.07) is 3.90. The molecule has 3 unspecified atom stereocenters. The summed E-state index contributed by atoms with van der Waals surface area (Å²) in [6.45, 7) is 4.07. The van der Waals surface area contributed by atoms with Crippen molar-refractivity contribution in [3.8, 4) is 5.75 Å². The van der Waals surface area contributed by atoms with E-state index in [-0.39, 0.29) is 28.2 Å². The molecule has 2 aliphatic rings. The van der Waals surface area contributed by atoms with Gasteiger partial charge in [-0.05, 0) is 36.8 Å². The molecule has 5 N–H and O–H groups in total. The number of ketones is 1. The number of nitrogen functional groups attached to an aromatic ring is 1. The third-order valence-corrected chi connectivity index (χ3v) is 11.7. The summed E-state index contributed by atoms with van der Waals surface area (Å²) in [7, 11) is -16.6. The number of phosphoric acid groups is 3. The molecule has 3 heterocycles. The smallest absolute Gasteiger partial charge is 0.404 e. The number of nitrogens with two attached hydrogens (primary N) is 1. The van der Waals surface area contributed by atoms with Gasteiger partial charge in [-0.2, -0.15) is 8.62 Å². The number of aromatic nitrogens is 4. The molecule has 0 saturated heterocycles. The predicted molar refractivity (Wildman–Crippen MR) is 167 cm³/mol. The van der Waals surface area contributed by atoms with Gasteiger partial charge in [-0.3, -0.25) is 18.8 Å². The minimum absolute atomic E-state index is 0.117. The van der Waals surface area contributed by atoms with E-state index in [0.717, 1.165) is 0 Å². The molecule has 0 bridgehead atoms. The van der Waals surface area contributed by atoms with E-state index in [1.807, 2.05) is 0 Å². The van der Waals surface area contributed by atoms with Crippen molar-refractivity contribution in [3.05, 3.63) is 58.1 Å². The minimum Gasteiger partial charge on any atom is -0.404 e. The number of carbonyl (C=O) groups is 1. The van der Waals surface area contributed by atoms with Crippen molar-refractivity contribution >= 4 is 80.8 Å². The molecule has 18 nitrogen and oxygen atoms in total. The van der Waals surface area contributed by atoms with Crippen molar-refractivity contribution in [2.75, 3.05) is 18.9 Å². The molecule has 1 aliphatic carbocycles. The normalized spacial score (nSPS) is 20.3. The molecule has 23 heteroatoms. The number of ether oxygens (including phenoxy) is 1. The number of aliphatic imine (C=N–C) groups is 1. The van der Waals surface area contributed by atoms with Gasteiger partial charge in [0.1, 0.15) is 23.8 Å². The zero-order valence-corrected chi connectivity index (χ0v) is 28.6. The van der Waals surface area contributed by atoms with E-state index in [1.54, 1.807) is 20.8 Å². The molecular formula is C24H25Cl2N6O12P3. The number of hydrogen-bond acceptors (Lipinski definition) is 14. The van der Waals surface area contributed by atoms with Gasteiger partial charge >= 0.3 is 23.5 Å². The first-order valence-corrected chi connectivity index (χ1v) is 18.4. The quantitative estimate of drug-likeness (QED) is 0.109. The molecule has 0 fully saturated rings. The maximum absolute atomic E-state index is 12.7. The molecular weight excluding hydrogens is 728 g/mol. The highest BCUT2D eigenvalue weighted by molar-refractivity contribution is 7.67. The van der Waals surface area contributed by atoms with E-state index in [2.05, 4.69) is 33.1 Å². The molecule has 1 aliphatic heterocycles. The van der Waals surface area contributed by atoms with Gasteiger partial charge in [-0.15, -0.1) is 0 Å². The van der Waals surface area contributed by atoms with Crippen molar-refractivity contribution in [2.24, 2.45) is 4.99 Å². The van der Waals surface area contributed by atoms with Gasteiger partial charge in [0, 0.05) is 11.0 Å². The van der Waals surface area contributed by atoms with Crippen LogP contribution in [0.5, 0.6) is 5.75 Å². The van der Waals surface area contributed by atoms with Gasteiger partial charge in [0.15, 0.2) is 11.5 Å². The van der Waals surface area contributed by atoms with Crippen LogP contribution in [0.3, 0.4) is 0 Å². The average Bonchev–Trinajstić information content (AvgIpc) is 3.38. The van der Waals surface area contributed by atoms with Crippen LogP contribution in [0, 0.1) is 0 Å². The lowest BCUT2D eigenvalue weighted by Gasteiger charge is -2.36. The second-order valence-electron chi connectivity index (χ2n) is 10.4. The first-order chi connectivity index (χ1) is 21.8. The Kier molecular flexibility index (Phi) is 9.74. The largest absolute Gasteiger partial charge is 0.536 e. The molecule has 4 atom stereocenters. The van der Waals surface area contributed by atoms with Gasteiger partial charge < -0.3 is 24.8 Å². The number of hydrogen-bond donors (Lipinski definition) is 4. The fraction of sp³-hybridized carbons (Fsp3) is 0.292. The molecule has 0 amide bonds. The van der Waals surface area contributed by atoms with Crippen LogP contribution in [0.4, 0.5) is 11.5 Å². The lowest BCUT2D eigenvalue weighted by molar-refractivity contribution is -0.111. The molecule has 0 spiro atoms. The van der Waals surface area contributed by atoms with Crippen molar-refractivity contribution in [1.29, 1.82) is 0 Å². The molecule has 0 saturated carbocycles. The Morgan fingerprint density at radius 3 is 2.45 bits per heavy atom. The SMILES string of the molecule is C[C@H](OCCOP(=O)(O)OP(=O)(O)OP(=O)(O)Oc1ccc2c(c1)C(C)(C)C1=C(Cl)C(=O)C(Cl)=CC1=N2)n1cnc2c(N)ncnc21. The maximum Gasteiger partial charge on any atom is 0.536 e. The van der Waals surface area contributed by atoms with Gasteiger partial charge in [-0.25, -0.2) is 33.6 Å². The Balaban J connectivity index is 1.19. The number of phosphoric ester groups is 2. The molecule has 2 aromatic heterocycles. The lowest BCUT2D eigenvalue weighted by Crippen LogP contribution is -2.32. The maximum atomic E-state index is 12.7. The predicted octanol–water partition coefficient (Wildman–Crippen LogP) is 4.94. The summed E-state index contributed by atoms with van der Waals surface area (Å²) in [6.07, 6.45) is 3.29. The molecule has 5 rings (SSSR count). The van der Waals surface area contributed by atoms with E-state index >= 15 is 0 Å². The van der Waals surface area contributed by atoms with Gasteiger partial charge in [0.25, 0.3) is 0 Å². The molecule has 3 aromatic rings. The zero-order chi connectivity index (χ0) is 34.5. The number of carbonyl (C=O) groups excluding carboxylic acids is 1. The second-order valence-corrected chi connectivity index (χ2v) is 15.7. The summed E-state index contributed by atoms with van der Waals surface area (Å²) in [5.41, 5.74) is 6.96. The van der Waals surface area contributed by atoms with E-state index in [9.17, 15) is 33.2 Å². The third-order valence-electron chi connectivity index (χ3n) is 6.77. The standard InChI is InChI=1S/C24H25Cl2N6O12P3/c1-12(32-11-30-20-22(27)28-10-29-23(20)32)40-6-7-41-45(34,35)43-47(38,39)44-46(36,37)42-13-4-5-16-14(8-13)24(2,3)18-17(31-16)9-15(25)21(33)19(18)26/h4-5,8-12H,6-7H2,1-3H3,(H,34,35)(H,36,37)(H,38,39)(H2,27,28,29)/t12-/m0/s1. The number of nitrogens with zero attached hydrogens (tertiary/aromatic N) is 5. The van der Waals surface area contributed by atoms with Gasteiger partial charge in [0.2, 0.25) is 5.78 Å². The van der Waals surface area contributed by atoms with Crippen molar-refractivity contribution in [2.45, 2.75) is 32.4 Å². The number of halogens is 2. The Morgan fingerprint density at radius 2 is 1.72 bits per heavy atom. The van der Waals surface area contributed by atoms with Crippen molar-refractivity contribution in [1.82, 2.24) is 19.5 Å². The van der Waals surface area contributed by atoms with E-state index in [1.165, 1.54) is 41.5 Å². The van der Waals surface area contributed by atoms with Crippen LogP contribution in [-0.2, 0) is 41.8 Å². The lowest BCUT2D eigenvalue weighted by atomic mass is 9.71. The summed E-state index contributed by atoms with van der Waals surface area (Å²) in [5, 5.41) is -0.273. The Bertz CT molecular complexity index is 2030. The molecule has 1 aromatic carbocycles. The van der Waals surface area contributed by atoms with Gasteiger partial charge in [-0.1, -0.05) is 37.0 Å². The third kappa shape index (κ3) is 7.60. The summed E-state index contributed by atoms with van der Waals surface area (Å²) >= 11 is 12.3. The highest BCUT2D eigenvalue weighted by atomic mass is 35.5. The summed E-state index contributed by atoms with van der Waals surface area (Å²) in [5.74, 6) is -0.778. The first-order valence-electron chi connectivity index (χ1n) is 13.2. The fourth-order valence-electron chi connectivity index (χ4n) is 4.74. The van der Waals surface area contributed by atoms with Crippen molar-refractivity contribution in [3.63, 3.8) is 0 Å². The summed E-state index contributed by atoms with van der Waals surface area (Å²) < 4.78 is 62.3. The van der Waals surface area contributed by atoms with Crippen LogP contribution in [0.2, 0.25) is 0 Å². The monoisotopic (exact) mass is 752 g/mol. The Labute approximate surface area is 275 Å². The number of Topliss-reactive ketones (excluding diaryl/α,β-unsaturated/α-hetero) is 1. The van der Waals surface area contributed by atoms with Crippen LogP contribution < -0.4 is 10.3 Å².